The van der Waals surface area contributed by atoms with Crippen LogP contribution < -0.4 is 0 Å². The third kappa shape index (κ3) is 4.04. The van der Waals surface area contributed by atoms with E-state index in [0.29, 0.717) is 10.4 Å². The van der Waals surface area contributed by atoms with Crippen LogP contribution in [0.2, 0.25) is 0 Å². The Bertz CT molecular complexity index is 327. The first-order valence-electron chi connectivity index (χ1n) is 5.40. The number of hydrogen-bond donors (Lipinski definition) is 0. The van der Waals surface area contributed by atoms with Crippen LogP contribution >= 0.6 is 27.5 Å². The first kappa shape index (κ1) is 13.9. The maximum Gasteiger partial charge on any atom is 0.137 e. The molecule has 0 aromatic heterocycles. The SMILES string of the molecule is CCCN(CCCl)Cc1cccc(F)c1Br. The lowest BCUT2D eigenvalue weighted by Gasteiger charge is -2.21. The number of hydrogen-bond acceptors (Lipinski definition) is 1. The molecule has 0 bridgehead atoms. The molecule has 0 fully saturated rings. The van der Waals surface area contributed by atoms with Crippen molar-refractivity contribution in [1.82, 2.24) is 4.90 Å². The standard InChI is InChI=1S/C12H16BrClFN/c1-2-7-16(8-6-14)9-10-4-3-5-11(15)12(10)13/h3-5H,2,6-9H2,1H3. The Labute approximate surface area is 110 Å². The molecule has 0 radical (unpaired) electrons. The summed E-state index contributed by atoms with van der Waals surface area (Å²) in [5, 5.41) is 0. The van der Waals surface area contributed by atoms with E-state index in [1.165, 1.54) is 6.07 Å². The molecule has 0 aliphatic carbocycles. The molecule has 0 amide bonds. The van der Waals surface area contributed by atoms with Gasteiger partial charge in [-0.15, -0.1) is 11.6 Å². The van der Waals surface area contributed by atoms with Gasteiger partial charge in [0.05, 0.1) is 4.47 Å². The van der Waals surface area contributed by atoms with Crippen molar-refractivity contribution in [2.45, 2.75) is 19.9 Å². The molecule has 1 aromatic rings. The summed E-state index contributed by atoms with van der Waals surface area (Å²) >= 11 is 9.02. The number of benzene rings is 1. The van der Waals surface area contributed by atoms with Gasteiger partial charge in [-0.2, -0.15) is 0 Å². The van der Waals surface area contributed by atoms with Gasteiger partial charge in [-0.05, 0) is 40.5 Å². The molecule has 90 valence electrons. The predicted molar refractivity (Wildman–Crippen MR) is 70.4 cm³/mol. The Morgan fingerprint density at radius 2 is 2.12 bits per heavy atom. The lowest BCUT2D eigenvalue weighted by Crippen LogP contribution is -2.26. The maximum absolute atomic E-state index is 13.3. The van der Waals surface area contributed by atoms with Crippen LogP contribution in [0.5, 0.6) is 0 Å². The maximum atomic E-state index is 13.3. The van der Waals surface area contributed by atoms with Crippen LogP contribution in [-0.4, -0.2) is 23.9 Å². The van der Waals surface area contributed by atoms with Gasteiger partial charge in [-0.1, -0.05) is 19.1 Å². The lowest BCUT2D eigenvalue weighted by molar-refractivity contribution is 0.281. The van der Waals surface area contributed by atoms with Crippen LogP contribution in [0.15, 0.2) is 22.7 Å². The Morgan fingerprint density at radius 3 is 2.75 bits per heavy atom. The van der Waals surface area contributed by atoms with E-state index in [1.807, 2.05) is 6.07 Å². The number of rotatable bonds is 6. The molecule has 0 aliphatic rings. The zero-order valence-electron chi connectivity index (χ0n) is 9.35. The fourth-order valence-electron chi connectivity index (χ4n) is 1.62. The molecule has 0 atom stereocenters. The molecule has 0 unspecified atom stereocenters. The summed E-state index contributed by atoms with van der Waals surface area (Å²) in [5.74, 6) is 0.396. The topological polar surface area (TPSA) is 3.24 Å². The molecule has 0 spiro atoms. The summed E-state index contributed by atoms with van der Waals surface area (Å²) in [5.41, 5.74) is 0.971. The zero-order chi connectivity index (χ0) is 12.0. The Balaban J connectivity index is 2.72. The smallest absolute Gasteiger partial charge is 0.137 e. The molecule has 4 heteroatoms. The van der Waals surface area contributed by atoms with E-state index in [-0.39, 0.29) is 5.82 Å². The normalized spacial score (nSPS) is 11.1. The van der Waals surface area contributed by atoms with Gasteiger partial charge in [0, 0.05) is 19.0 Å². The highest BCUT2D eigenvalue weighted by Crippen LogP contribution is 2.21. The molecule has 0 aliphatic heterocycles. The van der Waals surface area contributed by atoms with Gasteiger partial charge < -0.3 is 0 Å². The minimum absolute atomic E-state index is 0.208. The van der Waals surface area contributed by atoms with Gasteiger partial charge in [-0.3, -0.25) is 4.90 Å². The van der Waals surface area contributed by atoms with Gasteiger partial charge in [-0.25, -0.2) is 4.39 Å². The minimum atomic E-state index is -0.208. The highest BCUT2D eigenvalue weighted by atomic mass is 79.9. The van der Waals surface area contributed by atoms with Crippen molar-refractivity contribution in [3.8, 4) is 0 Å². The Morgan fingerprint density at radius 1 is 1.38 bits per heavy atom. The van der Waals surface area contributed by atoms with Crippen molar-refractivity contribution in [1.29, 1.82) is 0 Å². The molecule has 0 saturated heterocycles. The van der Waals surface area contributed by atoms with E-state index in [9.17, 15) is 4.39 Å². The molecule has 0 saturated carbocycles. The van der Waals surface area contributed by atoms with Gasteiger partial charge in [0.25, 0.3) is 0 Å². The van der Waals surface area contributed by atoms with Crippen LogP contribution in [0.25, 0.3) is 0 Å². The van der Waals surface area contributed by atoms with E-state index >= 15 is 0 Å². The number of halogens is 3. The van der Waals surface area contributed by atoms with Crippen LogP contribution in [0.4, 0.5) is 4.39 Å². The van der Waals surface area contributed by atoms with E-state index in [4.69, 9.17) is 11.6 Å². The third-order valence-electron chi connectivity index (χ3n) is 2.37. The second-order valence-electron chi connectivity index (χ2n) is 3.68. The van der Waals surface area contributed by atoms with Gasteiger partial charge in [0.1, 0.15) is 5.82 Å². The first-order valence-corrected chi connectivity index (χ1v) is 6.73. The summed E-state index contributed by atoms with van der Waals surface area (Å²) < 4.78 is 13.9. The predicted octanol–water partition coefficient (Wildman–Crippen LogP) is 4.04. The lowest BCUT2D eigenvalue weighted by atomic mass is 10.2. The van der Waals surface area contributed by atoms with Crippen molar-refractivity contribution < 1.29 is 4.39 Å². The second-order valence-corrected chi connectivity index (χ2v) is 4.85. The molecular weight excluding hydrogens is 292 g/mol. The van der Waals surface area contributed by atoms with Crippen molar-refractivity contribution in [3.63, 3.8) is 0 Å². The molecule has 0 N–H and O–H groups in total. The molecule has 1 nitrogen and oxygen atoms in total. The van der Waals surface area contributed by atoms with Crippen molar-refractivity contribution in [2.24, 2.45) is 0 Å². The molecule has 0 heterocycles. The van der Waals surface area contributed by atoms with Crippen molar-refractivity contribution >= 4 is 27.5 Å². The molecule has 1 rings (SSSR count). The first-order chi connectivity index (χ1) is 7.69. The number of alkyl halides is 1. The third-order valence-corrected chi connectivity index (χ3v) is 3.42. The highest BCUT2D eigenvalue weighted by molar-refractivity contribution is 9.10. The monoisotopic (exact) mass is 307 g/mol. The van der Waals surface area contributed by atoms with Crippen LogP contribution in [-0.2, 0) is 6.54 Å². The largest absolute Gasteiger partial charge is 0.298 e. The summed E-state index contributed by atoms with van der Waals surface area (Å²) in [6.45, 7) is 4.68. The fourth-order valence-corrected chi connectivity index (χ4v) is 2.25. The zero-order valence-corrected chi connectivity index (χ0v) is 11.7. The fraction of sp³-hybridized carbons (Fsp3) is 0.500. The second kappa shape index (κ2) is 7.25. The molecular formula is C12H16BrClFN. The highest BCUT2D eigenvalue weighted by Gasteiger charge is 2.09. The summed E-state index contributed by atoms with van der Waals surface area (Å²) in [7, 11) is 0. The Hall–Kier alpha value is -0.120. The van der Waals surface area contributed by atoms with Crippen LogP contribution in [0.3, 0.4) is 0 Å². The van der Waals surface area contributed by atoms with Crippen molar-refractivity contribution in [2.75, 3.05) is 19.0 Å². The van der Waals surface area contributed by atoms with Crippen LogP contribution in [0.1, 0.15) is 18.9 Å². The Kier molecular flexibility index (Phi) is 6.32. The summed E-state index contributed by atoms with van der Waals surface area (Å²) in [4.78, 5) is 2.23. The van der Waals surface area contributed by atoms with E-state index in [2.05, 4.69) is 27.8 Å². The van der Waals surface area contributed by atoms with Gasteiger partial charge >= 0.3 is 0 Å². The van der Waals surface area contributed by atoms with Gasteiger partial charge in [0.2, 0.25) is 0 Å². The average Bonchev–Trinajstić information content (AvgIpc) is 2.25. The summed E-state index contributed by atoms with van der Waals surface area (Å²) in [6, 6.07) is 5.13. The van der Waals surface area contributed by atoms with E-state index in [1.54, 1.807) is 6.07 Å². The molecule has 1 aromatic carbocycles. The van der Waals surface area contributed by atoms with E-state index < -0.39 is 0 Å². The van der Waals surface area contributed by atoms with Gasteiger partial charge in [0.15, 0.2) is 0 Å². The van der Waals surface area contributed by atoms with E-state index in [0.717, 1.165) is 31.6 Å². The number of nitrogens with zero attached hydrogens (tertiary/aromatic N) is 1. The quantitative estimate of drug-likeness (QED) is 0.717. The molecule has 16 heavy (non-hydrogen) atoms. The van der Waals surface area contributed by atoms with Crippen LogP contribution in [0, 0.1) is 5.82 Å². The average molecular weight is 309 g/mol. The van der Waals surface area contributed by atoms with Crippen molar-refractivity contribution in [3.05, 3.63) is 34.1 Å². The minimum Gasteiger partial charge on any atom is -0.298 e. The summed E-state index contributed by atoms with van der Waals surface area (Å²) in [6.07, 6.45) is 1.07.